The number of aryl methyl sites for hydroxylation is 1. The van der Waals surface area contributed by atoms with E-state index in [0.717, 1.165) is 32.7 Å². The second-order valence-corrected chi connectivity index (χ2v) is 5.60. The summed E-state index contributed by atoms with van der Waals surface area (Å²) in [6, 6.07) is 11.4. The van der Waals surface area contributed by atoms with Gasteiger partial charge in [-0.15, -0.1) is 11.6 Å². The molecular formula is C15H12Cl2N2O. The number of hydrogen-bond acceptors (Lipinski definition) is 1. The lowest BCUT2D eigenvalue weighted by Gasteiger charge is -2.12. The number of fused-ring (bicyclic) bond motifs is 1. The van der Waals surface area contributed by atoms with Crippen molar-refractivity contribution >= 4 is 34.2 Å². The van der Waals surface area contributed by atoms with Gasteiger partial charge in [0.25, 0.3) is 0 Å². The lowest BCUT2D eigenvalue weighted by atomic mass is 10.0. The third kappa shape index (κ3) is 2.35. The Morgan fingerprint density at radius 1 is 1.00 bits per heavy atom. The maximum absolute atomic E-state index is 11.3. The van der Waals surface area contributed by atoms with Gasteiger partial charge in [-0.3, -0.25) is 0 Å². The van der Waals surface area contributed by atoms with Crippen molar-refractivity contribution in [3.8, 4) is 0 Å². The van der Waals surface area contributed by atoms with E-state index in [-0.39, 0.29) is 11.1 Å². The molecule has 0 aliphatic heterocycles. The molecule has 0 saturated heterocycles. The predicted molar refractivity (Wildman–Crippen MR) is 82.8 cm³/mol. The van der Waals surface area contributed by atoms with Gasteiger partial charge in [-0.1, -0.05) is 29.8 Å². The number of aromatic amines is 2. The van der Waals surface area contributed by atoms with E-state index < -0.39 is 0 Å². The summed E-state index contributed by atoms with van der Waals surface area (Å²) in [5.41, 5.74) is 4.21. The third-order valence-corrected chi connectivity index (χ3v) is 4.24. The van der Waals surface area contributed by atoms with Crippen LogP contribution in [0.3, 0.4) is 0 Å². The first-order valence-corrected chi connectivity index (χ1v) is 6.98. The molecule has 0 spiro atoms. The number of benzene rings is 2. The molecule has 2 N–H and O–H groups in total. The lowest BCUT2D eigenvalue weighted by Crippen LogP contribution is -1.99. The Balaban J connectivity index is 2.04. The molecule has 20 heavy (non-hydrogen) atoms. The van der Waals surface area contributed by atoms with Crippen LogP contribution in [0.15, 0.2) is 41.2 Å². The van der Waals surface area contributed by atoms with Gasteiger partial charge in [0.15, 0.2) is 0 Å². The van der Waals surface area contributed by atoms with E-state index in [4.69, 9.17) is 23.2 Å². The third-order valence-electron chi connectivity index (χ3n) is 3.31. The second kappa shape index (κ2) is 5.00. The summed E-state index contributed by atoms with van der Waals surface area (Å²) in [7, 11) is 0. The highest BCUT2D eigenvalue weighted by Crippen LogP contribution is 2.31. The first-order valence-electron chi connectivity index (χ1n) is 6.16. The van der Waals surface area contributed by atoms with E-state index in [1.54, 1.807) is 0 Å². The maximum atomic E-state index is 11.3. The number of alkyl halides is 1. The summed E-state index contributed by atoms with van der Waals surface area (Å²) in [5.74, 6) is 0. The van der Waals surface area contributed by atoms with Crippen molar-refractivity contribution in [2.24, 2.45) is 0 Å². The second-order valence-electron chi connectivity index (χ2n) is 4.76. The van der Waals surface area contributed by atoms with Crippen LogP contribution in [0, 0.1) is 6.92 Å². The summed E-state index contributed by atoms with van der Waals surface area (Å²) in [5, 5.41) is 0.441. The van der Waals surface area contributed by atoms with Gasteiger partial charge in [0.2, 0.25) is 0 Å². The van der Waals surface area contributed by atoms with E-state index in [9.17, 15) is 4.79 Å². The van der Waals surface area contributed by atoms with Crippen LogP contribution in [0.5, 0.6) is 0 Å². The Labute approximate surface area is 125 Å². The summed E-state index contributed by atoms with van der Waals surface area (Å²) in [6.07, 6.45) is 0. The molecule has 1 unspecified atom stereocenters. The highest BCUT2D eigenvalue weighted by atomic mass is 35.5. The van der Waals surface area contributed by atoms with Gasteiger partial charge in [0.05, 0.1) is 16.4 Å². The number of imidazole rings is 1. The average molecular weight is 307 g/mol. The quantitative estimate of drug-likeness (QED) is 0.687. The van der Waals surface area contributed by atoms with Gasteiger partial charge in [-0.05, 0) is 41.8 Å². The van der Waals surface area contributed by atoms with Crippen LogP contribution in [0.1, 0.15) is 22.1 Å². The molecule has 3 aromatic rings. The first-order chi connectivity index (χ1) is 9.54. The van der Waals surface area contributed by atoms with E-state index in [1.807, 2.05) is 43.3 Å². The van der Waals surface area contributed by atoms with Crippen LogP contribution in [0.4, 0.5) is 0 Å². The Kier molecular flexibility index (Phi) is 3.32. The van der Waals surface area contributed by atoms with Gasteiger partial charge >= 0.3 is 5.69 Å². The summed E-state index contributed by atoms with van der Waals surface area (Å²) in [6.45, 7) is 1.95. The minimum atomic E-state index is -0.284. The molecule has 102 valence electrons. The number of H-pyrrole nitrogens is 2. The number of rotatable bonds is 2. The van der Waals surface area contributed by atoms with Crippen molar-refractivity contribution < 1.29 is 0 Å². The topological polar surface area (TPSA) is 48.6 Å². The van der Waals surface area contributed by atoms with Gasteiger partial charge in [-0.25, -0.2) is 4.79 Å². The molecule has 0 aliphatic rings. The number of aromatic nitrogens is 2. The van der Waals surface area contributed by atoms with Crippen LogP contribution in [0.25, 0.3) is 11.0 Å². The Morgan fingerprint density at radius 3 is 2.40 bits per heavy atom. The van der Waals surface area contributed by atoms with Crippen LogP contribution >= 0.6 is 23.2 Å². The van der Waals surface area contributed by atoms with Crippen LogP contribution < -0.4 is 5.69 Å². The van der Waals surface area contributed by atoms with Gasteiger partial charge in [0.1, 0.15) is 0 Å². The molecule has 5 heteroatoms. The molecule has 0 bridgehead atoms. The van der Waals surface area contributed by atoms with Gasteiger partial charge in [-0.2, -0.15) is 0 Å². The molecule has 0 aliphatic carbocycles. The standard InChI is InChI=1S/C15H12Cl2N2O/c1-8-6-9(2-4-11(8)16)14(17)10-3-5-12-13(7-10)19-15(20)18-12/h2-7,14H,1H3,(H2,18,19,20). The van der Waals surface area contributed by atoms with Crippen molar-refractivity contribution in [3.05, 3.63) is 68.6 Å². The normalized spacial score (nSPS) is 12.8. The molecule has 1 heterocycles. The minimum absolute atomic E-state index is 0.217. The summed E-state index contributed by atoms with van der Waals surface area (Å²) >= 11 is 12.5. The average Bonchev–Trinajstić information content (AvgIpc) is 2.80. The van der Waals surface area contributed by atoms with E-state index in [1.165, 1.54) is 0 Å². The zero-order valence-electron chi connectivity index (χ0n) is 10.7. The molecule has 1 atom stereocenters. The molecule has 3 nitrogen and oxygen atoms in total. The SMILES string of the molecule is Cc1cc(C(Cl)c2ccc3[nH]c(=O)[nH]c3c2)ccc1Cl. The fraction of sp³-hybridized carbons (Fsp3) is 0.133. The van der Waals surface area contributed by atoms with Crippen molar-refractivity contribution in [2.45, 2.75) is 12.3 Å². The molecule has 3 rings (SSSR count). The van der Waals surface area contributed by atoms with E-state index in [0.29, 0.717) is 0 Å². The molecule has 0 amide bonds. The van der Waals surface area contributed by atoms with Gasteiger partial charge in [0, 0.05) is 5.02 Å². The van der Waals surface area contributed by atoms with Crippen molar-refractivity contribution in [3.63, 3.8) is 0 Å². The highest BCUT2D eigenvalue weighted by Gasteiger charge is 2.13. The van der Waals surface area contributed by atoms with E-state index >= 15 is 0 Å². The molecule has 0 saturated carbocycles. The zero-order chi connectivity index (χ0) is 14.3. The van der Waals surface area contributed by atoms with Crippen LogP contribution in [0.2, 0.25) is 5.02 Å². The van der Waals surface area contributed by atoms with E-state index in [2.05, 4.69) is 9.97 Å². The largest absolute Gasteiger partial charge is 0.323 e. The highest BCUT2D eigenvalue weighted by molar-refractivity contribution is 6.31. The fourth-order valence-corrected chi connectivity index (χ4v) is 2.61. The number of halogens is 2. The minimum Gasteiger partial charge on any atom is -0.306 e. The number of nitrogens with one attached hydrogen (secondary N) is 2. The lowest BCUT2D eigenvalue weighted by molar-refractivity contribution is 1.14. The Bertz CT molecular complexity index is 835. The summed E-state index contributed by atoms with van der Waals surface area (Å²) in [4.78, 5) is 16.7. The van der Waals surface area contributed by atoms with Crippen molar-refractivity contribution in [1.29, 1.82) is 0 Å². The fourth-order valence-electron chi connectivity index (χ4n) is 2.23. The smallest absolute Gasteiger partial charge is 0.306 e. The van der Waals surface area contributed by atoms with Crippen LogP contribution in [-0.2, 0) is 0 Å². The zero-order valence-corrected chi connectivity index (χ0v) is 12.2. The Hall–Kier alpha value is -1.71. The Morgan fingerprint density at radius 2 is 1.65 bits per heavy atom. The predicted octanol–water partition coefficient (Wildman–Crippen LogP) is 4.15. The number of hydrogen-bond donors (Lipinski definition) is 2. The van der Waals surface area contributed by atoms with Crippen LogP contribution in [-0.4, -0.2) is 9.97 Å². The maximum Gasteiger partial charge on any atom is 0.323 e. The molecule has 0 radical (unpaired) electrons. The van der Waals surface area contributed by atoms with Crippen molar-refractivity contribution in [2.75, 3.05) is 0 Å². The molecule has 0 fully saturated rings. The van der Waals surface area contributed by atoms with Crippen molar-refractivity contribution in [1.82, 2.24) is 9.97 Å². The summed E-state index contributed by atoms with van der Waals surface area (Å²) < 4.78 is 0. The molecule has 1 aromatic heterocycles. The molecule has 2 aromatic carbocycles. The monoisotopic (exact) mass is 306 g/mol. The first kappa shape index (κ1) is 13.3. The van der Waals surface area contributed by atoms with Gasteiger partial charge < -0.3 is 9.97 Å². The molecular weight excluding hydrogens is 295 g/mol.